The van der Waals surface area contributed by atoms with Gasteiger partial charge in [0.2, 0.25) is 5.91 Å². The van der Waals surface area contributed by atoms with Crippen LogP contribution in [0.4, 0.5) is 0 Å². The molecule has 21 heavy (non-hydrogen) atoms. The lowest BCUT2D eigenvalue weighted by molar-refractivity contribution is -0.133. The molecular formula is C15H21Cl2N3O. The summed E-state index contributed by atoms with van der Waals surface area (Å²) in [6.45, 7) is 5.70. The standard InChI is InChI=1S/C15H21Cl2N3O/c1-11(13-9-12(16)3-4-14(13)17)19(2)10-15(21)20-7-5-18-6-8-20/h3-4,9,11,18H,5-8,10H2,1-2H3. The molecule has 1 unspecified atom stereocenters. The molecule has 0 bridgehead atoms. The molecule has 0 radical (unpaired) electrons. The van der Waals surface area contributed by atoms with Gasteiger partial charge in [0, 0.05) is 42.3 Å². The van der Waals surface area contributed by atoms with Gasteiger partial charge in [-0.25, -0.2) is 0 Å². The molecule has 2 rings (SSSR count). The van der Waals surface area contributed by atoms with E-state index in [4.69, 9.17) is 23.2 Å². The number of carbonyl (C=O) groups is 1. The number of hydrogen-bond acceptors (Lipinski definition) is 3. The second-order valence-corrected chi connectivity index (χ2v) is 6.23. The molecule has 1 atom stereocenters. The van der Waals surface area contributed by atoms with Gasteiger partial charge in [-0.1, -0.05) is 23.2 Å². The van der Waals surface area contributed by atoms with Crippen LogP contribution in [0.5, 0.6) is 0 Å². The van der Waals surface area contributed by atoms with Gasteiger partial charge in [-0.3, -0.25) is 9.69 Å². The minimum Gasteiger partial charge on any atom is -0.339 e. The topological polar surface area (TPSA) is 35.6 Å². The van der Waals surface area contributed by atoms with Crippen molar-refractivity contribution in [3.8, 4) is 0 Å². The quantitative estimate of drug-likeness (QED) is 0.921. The van der Waals surface area contributed by atoms with Crippen LogP contribution in [0.2, 0.25) is 10.0 Å². The Balaban J connectivity index is 2.00. The van der Waals surface area contributed by atoms with Gasteiger partial charge in [-0.05, 0) is 37.7 Å². The van der Waals surface area contributed by atoms with E-state index < -0.39 is 0 Å². The monoisotopic (exact) mass is 329 g/mol. The lowest BCUT2D eigenvalue weighted by atomic mass is 10.1. The maximum atomic E-state index is 12.3. The molecule has 6 heteroatoms. The molecule has 1 amide bonds. The summed E-state index contributed by atoms with van der Waals surface area (Å²) in [5.74, 6) is 0.156. The Morgan fingerprint density at radius 3 is 2.71 bits per heavy atom. The molecule has 1 aliphatic heterocycles. The van der Waals surface area contributed by atoms with Gasteiger partial charge in [0.25, 0.3) is 0 Å². The number of halogens is 2. The van der Waals surface area contributed by atoms with Crippen LogP contribution in [-0.4, -0.2) is 55.5 Å². The fourth-order valence-corrected chi connectivity index (χ4v) is 2.89. The zero-order valence-corrected chi connectivity index (χ0v) is 13.9. The number of benzene rings is 1. The van der Waals surface area contributed by atoms with E-state index in [1.807, 2.05) is 29.8 Å². The highest BCUT2D eigenvalue weighted by Crippen LogP contribution is 2.29. The first-order valence-corrected chi connectivity index (χ1v) is 7.88. The summed E-state index contributed by atoms with van der Waals surface area (Å²) >= 11 is 12.3. The summed E-state index contributed by atoms with van der Waals surface area (Å²) in [7, 11) is 1.93. The third-order valence-corrected chi connectivity index (χ3v) is 4.50. The SMILES string of the molecule is CC(c1cc(Cl)ccc1Cl)N(C)CC(=O)N1CCNCC1. The summed E-state index contributed by atoms with van der Waals surface area (Å²) in [5.41, 5.74) is 0.944. The number of piperazine rings is 1. The van der Waals surface area contributed by atoms with E-state index in [9.17, 15) is 4.79 Å². The largest absolute Gasteiger partial charge is 0.339 e. The van der Waals surface area contributed by atoms with E-state index >= 15 is 0 Å². The van der Waals surface area contributed by atoms with E-state index in [0.717, 1.165) is 31.7 Å². The molecule has 1 aliphatic rings. The molecular weight excluding hydrogens is 309 g/mol. The van der Waals surface area contributed by atoms with Crippen LogP contribution in [0, 0.1) is 0 Å². The Morgan fingerprint density at radius 2 is 2.05 bits per heavy atom. The van der Waals surface area contributed by atoms with Crippen LogP contribution in [-0.2, 0) is 4.79 Å². The average Bonchev–Trinajstić information content (AvgIpc) is 2.49. The van der Waals surface area contributed by atoms with Gasteiger partial charge < -0.3 is 10.2 Å². The highest BCUT2D eigenvalue weighted by molar-refractivity contribution is 6.33. The van der Waals surface area contributed by atoms with E-state index in [0.29, 0.717) is 16.6 Å². The summed E-state index contributed by atoms with van der Waals surface area (Å²) in [5, 5.41) is 4.58. The van der Waals surface area contributed by atoms with Crippen molar-refractivity contribution in [3.63, 3.8) is 0 Å². The van der Waals surface area contributed by atoms with Gasteiger partial charge in [0.1, 0.15) is 0 Å². The zero-order valence-electron chi connectivity index (χ0n) is 12.4. The molecule has 1 aromatic carbocycles. The first kappa shape index (κ1) is 16.6. The predicted octanol–water partition coefficient (Wildman–Crippen LogP) is 2.42. The minimum absolute atomic E-state index is 0.0306. The molecule has 0 aromatic heterocycles. The van der Waals surface area contributed by atoms with E-state index in [1.165, 1.54) is 0 Å². The normalized spacial score (nSPS) is 17.1. The molecule has 0 spiro atoms. The van der Waals surface area contributed by atoms with Crippen LogP contribution < -0.4 is 5.32 Å². The Hall–Kier alpha value is -0.810. The van der Waals surface area contributed by atoms with Crippen LogP contribution >= 0.6 is 23.2 Å². The second kappa shape index (κ2) is 7.45. The van der Waals surface area contributed by atoms with Crippen molar-refractivity contribution < 1.29 is 4.79 Å². The predicted molar refractivity (Wildman–Crippen MR) is 87.0 cm³/mol. The first-order valence-electron chi connectivity index (χ1n) is 7.12. The van der Waals surface area contributed by atoms with Gasteiger partial charge in [0.05, 0.1) is 6.54 Å². The van der Waals surface area contributed by atoms with E-state index in [2.05, 4.69) is 5.32 Å². The highest BCUT2D eigenvalue weighted by atomic mass is 35.5. The summed E-state index contributed by atoms with van der Waals surface area (Å²) in [4.78, 5) is 16.2. The Labute approximate surface area is 136 Å². The number of hydrogen-bond donors (Lipinski definition) is 1. The number of nitrogens with zero attached hydrogens (tertiary/aromatic N) is 2. The van der Waals surface area contributed by atoms with Crippen molar-refractivity contribution >= 4 is 29.1 Å². The van der Waals surface area contributed by atoms with Gasteiger partial charge in [0.15, 0.2) is 0 Å². The smallest absolute Gasteiger partial charge is 0.236 e. The highest BCUT2D eigenvalue weighted by Gasteiger charge is 2.21. The minimum atomic E-state index is 0.0306. The maximum absolute atomic E-state index is 12.3. The number of rotatable bonds is 4. The molecule has 0 aliphatic carbocycles. The third kappa shape index (κ3) is 4.33. The number of likely N-dealkylation sites (N-methyl/N-ethyl adjacent to an activating group) is 1. The third-order valence-electron chi connectivity index (χ3n) is 3.92. The molecule has 1 saturated heterocycles. The Bertz CT molecular complexity index is 504. The van der Waals surface area contributed by atoms with Crippen LogP contribution in [0.1, 0.15) is 18.5 Å². The number of amides is 1. The molecule has 0 saturated carbocycles. The number of carbonyl (C=O) groups excluding carboxylic acids is 1. The summed E-state index contributed by atoms with van der Waals surface area (Å²) in [6.07, 6.45) is 0. The van der Waals surface area contributed by atoms with Crippen molar-refractivity contribution in [2.45, 2.75) is 13.0 Å². The van der Waals surface area contributed by atoms with Crippen LogP contribution in [0.25, 0.3) is 0 Å². The van der Waals surface area contributed by atoms with Crippen molar-refractivity contribution in [1.82, 2.24) is 15.1 Å². The molecule has 116 valence electrons. The van der Waals surface area contributed by atoms with Crippen LogP contribution in [0.15, 0.2) is 18.2 Å². The summed E-state index contributed by atoms with van der Waals surface area (Å²) < 4.78 is 0. The lowest BCUT2D eigenvalue weighted by Gasteiger charge is -2.31. The van der Waals surface area contributed by atoms with Crippen molar-refractivity contribution in [2.75, 3.05) is 39.8 Å². The molecule has 1 N–H and O–H groups in total. The van der Waals surface area contributed by atoms with Gasteiger partial charge in [-0.2, -0.15) is 0 Å². The van der Waals surface area contributed by atoms with Crippen LogP contribution in [0.3, 0.4) is 0 Å². The van der Waals surface area contributed by atoms with Crippen molar-refractivity contribution in [1.29, 1.82) is 0 Å². The van der Waals surface area contributed by atoms with Crippen molar-refractivity contribution in [3.05, 3.63) is 33.8 Å². The van der Waals surface area contributed by atoms with Gasteiger partial charge >= 0.3 is 0 Å². The fraction of sp³-hybridized carbons (Fsp3) is 0.533. The van der Waals surface area contributed by atoms with E-state index in [-0.39, 0.29) is 11.9 Å². The van der Waals surface area contributed by atoms with Gasteiger partial charge in [-0.15, -0.1) is 0 Å². The molecule has 1 fully saturated rings. The fourth-order valence-electron chi connectivity index (χ4n) is 2.44. The first-order chi connectivity index (χ1) is 9.99. The average molecular weight is 330 g/mol. The Kier molecular flexibility index (Phi) is 5.88. The molecule has 4 nitrogen and oxygen atoms in total. The maximum Gasteiger partial charge on any atom is 0.236 e. The Morgan fingerprint density at radius 1 is 1.38 bits per heavy atom. The van der Waals surface area contributed by atoms with E-state index in [1.54, 1.807) is 12.1 Å². The molecule has 1 aromatic rings. The molecule has 1 heterocycles. The zero-order chi connectivity index (χ0) is 15.4. The lowest BCUT2D eigenvalue weighted by Crippen LogP contribution is -2.49. The number of nitrogens with one attached hydrogen (secondary N) is 1. The second-order valence-electron chi connectivity index (χ2n) is 5.39. The summed E-state index contributed by atoms with van der Waals surface area (Å²) in [6, 6.07) is 5.46. The van der Waals surface area contributed by atoms with Crippen molar-refractivity contribution in [2.24, 2.45) is 0 Å².